The smallest absolute Gasteiger partial charge is 0.318 e. The average molecular weight is 455 g/mol. The molecule has 0 saturated heterocycles. The molecule has 0 aliphatic carbocycles. The molecule has 0 unspecified atom stereocenters. The number of aliphatic hydroxyl groups is 1. The van der Waals surface area contributed by atoms with Crippen LogP contribution in [0.15, 0.2) is 12.2 Å². The van der Waals surface area contributed by atoms with Gasteiger partial charge in [-0.1, -0.05) is 103 Å². The molecule has 184 valence electrons. The number of aliphatic hydroxyl groups excluding tert-OH is 1. The Morgan fingerprint density at radius 3 is 1.94 bits per heavy atom. The van der Waals surface area contributed by atoms with Crippen molar-refractivity contribution in [2.45, 2.75) is 149 Å². The van der Waals surface area contributed by atoms with Crippen LogP contribution in [0.25, 0.3) is 0 Å². The van der Waals surface area contributed by atoms with Crippen molar-refractivity contribution in [3.05, 3.63) is 12.2 Å². The highest BCUT2D eigenvalue weighted by Crippen LogP contribution is 2.39. The molecule has 0 aliphatic rings. The summed E-state index contributed by atoms with van der Waals surface area (Å²) in [4.78, 5) is 13.5. The third-order valence-corrected chi connectivity index (χ3v) is 7.31. The maximum absolute atomic E-state index is 13.5. The summed E-state index contributed by atoms with van der Waals surface area (Å²) < 4.78 is 5.90. The van der Waals surface area contributed by atoms with Crippen LogP contribution in [0, 0.1) is 5.41 Å². The van der Waals surface area contributed by atoms with Gasteiger partial charge in [0.15, 0.2) is 0 Å². The van der Waals surface area contributed by atoms with Crippen LogP contribution in [0.5, 0.6) is 0 Å². The molecule has 0 aliphatic heterocycles. The summed E-state index contributed by atoms with van der Waals surface area (Å²) in [5, 5.41) is 11.4. The van der Waals surface area contributed by atoms with Crippen LogP contribution in [-0.2, 0) is 9.53 Å². The molecule has 0 aromatic carbocycles. The number of hydrogen-bond acceptors (Lipinski definition) is 3. The fourth-order valence-corrected chi connectivity index (χ4v) is 6.43. The van der Waals surface area contributed by atoms with Crippen molar-refractivity contribution in [1.29, 1.82) is 0 Å². The Kier molecular flexibility index (Phi) is 15.0. The molecule has 0 amide bonds. The summed E-state index contributed by atoms with van der Waals surface area (Å²) in [6.07, 6.45) is 17.0. The second kappa shape index (κ2) is 15.3. The van der Waals surface area contributed by atoms with Crippen molar-refractivity contribution in [3.8, 4) is 0 Å². The molecular formula is C27H54O3Si. The van der Waals surface area contributed by atoms with Crippen molar-refractivity contribution in [1.82, 2.24) is 0 Å². The minimum atomic E-state index is -1.65. The molecule has 0 spiro atoms. The molecule has 0 bridgehead atoms. The minimum Gasteiger partial charge on any atom is -0.459 e. The molecule has 2 atom stereocenters. The monoisotopic (exact) mass is 454 g/mol. The maximum Gasteiger partial charge on any atom is 0.318 e. The lowest BCUT2D eigenvalue weighted by molar-refractivity contribution is -0.169. The van der Waals surface area contributed by atoms with Gasteiger partial charge in [0, 0.05) is 8.07 Å². The first-order valence-electron chi connectivity index (χ1n) is 13.0. The van der Waals surface area contributed by atoms with E-state index in [9.17, 15) is 9.90 Å². The number of rotatable bonds is 17. The number of carbonyl (C=O) groups is 1. The normalized spacial score (nSPS) is 15.8. The number of hydrogen-bond donors (Lipinski definition) is 1. The minimum absolute atomic E-state index is 0.245. The zero-order valence-electron chi connectivity index (χ0n) is 22.2. The number of esters is 1. The lowest BCUT2D eigenvalue weighted by atomic mass is 9.80. The summed E-state index contributed by atoms with van der Waals surface area (Å²) in [6.45, 7) is 17.0. The molecule has 4 heteroatoms. The van der Waals surface area contributed by atoms with Crippen molar-refractivity contribution < 1.29 is 14.6 Å². The highest BCUT2D eigenvalue weighted by atomic mass is 28.3. The molecule has 0 heterocycles. The molecular weight excluding hydrogens is 400 g/mol. The maximum atomic E-state index is 13.5. The summed E-state index contributed by atoms with van der Waals surface area (Å²) in [7, 11) is -1.65. The van der Waals surface area contributed by atoms with Gasteiger partial charge in [0.2, 0.25) is 0 Å². The van der Waals surface area contributed by atoms with Crippen LogP contribution in [0.2, 0.25) is 25.7 Å². The first-order valence-corrected chi connectivity index (χ1v) is 16.7. The van der Waals surface area contributed by atoms with Crippen molar-refractivity contribution in [3.63, 3.8) is 0 Å². The molecule has 0 aromatic heterocycles. The van der Waals surface area contributed by atoms with Crippen LogP contribution in [-0.4, -0.2) is 30.9 Å². The fraction of sp³-hybridized carbons (Fsp3) is 0.889. The van der Waals surface area contributed by atoms with Gasteiger partial charge >= 0.3 is 5.97 Å². The van der Waals surface area contributed by atoms with E-state index in [1.165, 1.54) is 44.9 Å². The number of carbonyl (C=O) groups excluding carboxylic acids is 1. The Bertz CT molecular complexity index is 502. The van der Waals surface area contributed by atoms with E-state index in [0.29, 0.717) is 6.42 Å². The summed E-state index contributed by atoms with van der Waals surface area (Å²) in [5.41, 5.74) is -1.48. The molecule has 0 radical (unpaired) electrons. The van der Waals surface area contributed by atoms with E-state index in [4.69, 9.17) is 4.74 Å². The van der Waals surface area contributed by atoms with Gasteiger partial charge in [-0.15, -0.1) is 0 Å². The summed E-state index contributed by atoms with van der Waals surface area (Å²) in [5.74, 6) is -0.245. The Morgan fingerprint density at radius 1 is 0.903 bits per heavy atom. The van der Waals surface area contributed by atoms with Gasteiger partial charge in [-0.25, -0.2) is 0 Å². The first kappa shape index (κ1) is 30.4. The lowest BCUT2D eigenvalue weighted by Gasteiger charge is -2.39. The lowest BCUT2D eigenvalue weighted by Crippen LogP contribution is -2.48. The predicted molar refractivity (Wildman–Crippen MR) is 138 cm³/mol. The van der Waals surface area contributed by atoms with Gasteiger partial charge in [0.25, 0.3) is 0 Å². The standard InChI is InChI=1S/C27H54O3Si/c1-9-11-13-15-17-19-21-24(28)27(23-31(6,7)8,25(29)30-26(3,4)5)22-20-18-16-14-12-10-2/h20,22,24,28H,9-19,21,23H2,1-8H3/b22-20+/t24-,27-/m0/s1. The number of unbranched alkanes of at least 4 members (excludes halogenated alkanes) is 9. The summed E-state index contributed by atoms with van der Waals surface area (Å²) in [6, 6.07) is 0.720. The Labute approximate surface area is 195 Å². The highest BCUT2D eigenvalue weighted by Gasteiger charge is 2.48. The van der Waals surface area contributed by atoms with Crippen molar-refractivity contribution >= 4 is 14.0 Å². The second-order valence-electron chi connectivity index (χ2n) is 11.6. The molecule has 31 heavy (non-hydrogen) atoms. The third kappa shape index (κ3) is 14.2. The van der Waals surface area contributed by atoms with E-state index < -0.39 is 25.2 Å². The second-order valence-corrected chi connectivity index (χ2v) is 17.1. The van der Waals surface area contributed by atoms with Gasteiger partial charge < -0.3 is 9.84 Å². The van der Waals surface area contributed by atoms with Crippen molar-refractivity contribution in [2.75, 3.05) is 0 Å². The van der Waals surface area contributed by atoms with E-state index in [1.54, 1.807) is 0 Å². The van der Waals surface area contributed by atoms with Crippen LogP contribution in [0.4, 0.5) is 0 Å². The highest BCUT2D eigenvalue weighted by molar-refractivity contribution is 6.76. The predicted octanol–water partition coefficient (Wildman–Crippen LogP) is 8.29. The third-order valence-electron chi connectivity index (χ3n) is 5.67. The fourth-order valence-electron chi connectivity index (χ4n) is 4.17. The van der Waals surface area contributed by atoms with E-state index in [2.05, 4.69) is 39.6 Å². The van der Waals surface area contributed by atoms with Gasteiger partial charge in [-0.05, 0) is 46.1 Å². The molecule has 3 nitrogen and oxygen atoms in total. The van der Waals surface area contributed by atoms with Crippen molar-refractivity contribution in [2.24, 2.45) is 5.41 Å². The van der Waals surface area contributed by atoms with Crippen LogP contribution in [0.1, 0.15) is 112 Å². The molecule has 0 rings (SSSR count). The molecule has 0 aromatic rings. The first-order chi connectivity index (χ1) is 14.4. The van der Waals surface area contributed by atoms with E-state index in [0.717, 1.165) is 31.7 Å². The Hall–Kier alpha value is -0.613. The van der Waals surface area contributed by atoms with Crippen LogP contribution in [0.3, 0.4) is 0 Å². The largest absolute Gasteiger partial charge is 0.459 e. The quantitative estimate of drug-likeness (QED) is 0.104. The molecule has 1 N–H and O–H groups in total. The zero-order chi connectivity index (χ0) is 24.0. The SMILES string of the molecule is CCCCCC/C=C/[C@@](C[Si](C)(C)C)(C(=O)OC(C)(C)C)[C@@H](O)CCCCCCCC. The average Bonchev–Trinajstić information content (AvgIpc) is 2.63. The van der Waals surface area contributed by atoms with Crippen LogP contribution < -0.4 is 0 Å². The van der Waals surface area contributed by atoms with E-state index >= 15 is 0 Å². The Morgan fingerprint density at radius 2 is 1.42 bits per heavy atom. The van der Waals surface area contributed by atoms with Gasteiger partial charge in [0.1, 0.15) is 11.0 Å². The summed E-state index contributed by atoms with van der Waals surface area (Å²) >= 11 is 0. The number of allylic oxidation sites excluding steroid dienone is 1. The van der Waals surface area contributed by atoms with E-state index in [1.807, 2.05) is 26.8 Å². The van der Waals surface area contributed by atoms with Gasteiger partial charge in [0.05, 0.1) is 6.10 Å². The number of ether oxygens (including phenoxy) is 1. The van der Waals surface area contributed by atoms with E-state index in [-0.39, 0.29) is 5.97 Å². The Balaban J connectivity index is 5.54. The zero-order valence-corrected chi connectivity index (χ0v) is 23.2. The molecule has 0 fully saturated rings. The topological polar surface area (TPSA) is 46.5 Å². The van der Waals surface area contributed by atoms with Gasteiger partial charge in [-0.2, -0.15) is 0 Å². The van der Waals surface area contributed by atoms with Gasteiger partial charge in [-0.3, -0.25) is 4.79 Å². The van der Waals surface area contributed by atoms with Crippen LogP contribution >= 0.6 is 0 Å². The molecule has 0 saturated carbocycles.